The number of carbonyl (C=O) groups is 2. The van der Waals surface area contributed by atoms with E-state index in [1.807, 2.05) is 13.0 Å². The third-order valence-corrected chi connectivity index (χ3v) is 2.88. The van der Waals surface area contributed by atoms with Crippen molar-refractivity contribution >= 4 is 17.5 Å². The van der Waals surface area contributed by atoms with E-state index in [2.05, 4.69) is 17.6 Å². The Balaban J connectivity index is 2.57. The lowest BCUT2D eigenvalue weighted by atomic mass is 10.2. The molecule has 1 rings (SSSR count). The number of amides is 2. The van der Waals surface area contributed by atoms with Gasteiger partial charge in [0.15, 0.2) is 0 Å². The standard InChI is InChI=1S/C15H22N2O3/c1-4-5-6-9-16-14(18)15(19)17-12-10-11(2)7-8-13(12)20-3/h7-8,10H,4-6,9H2,1-3H3,(H,16,18)(H,17,19). The Bertz CT molecular complexity index is 472. The zero-order chi connectivity index (χ0) is 15.0. The Morgan fingerprint density at radius 2 is 1.95 bits per heavy atom. The Morgan fingerprint density at radius 3 is 2.60 bits per heavy atom. The fourth-order valence-corrected chi connectivity index (χ4v) is 1.76. The van der Waals surface area contributed by atoms with E-state index in [0.29, 0.717) is 18.0 Å². The van der Waals surface area contributed by atoms with E-state index in [1.165, 1.54) is 7.11 Å². The maximum atomic E-state index is 11.8. The monoisotopic (exact) mass is 278 g/mol. The molecule has 2 N–H and O–H groups in total. The van der Waals surface area contributed by atoms with E-state index < -0.39 is 11.8 Å². The van der Waals surface area contributed by atoms with E-state index >= 15 is 0 Å². The number of hydrogen-bond donors (Lipinski definition) is 2. The van der Waals surface area contributed by atoms with Crippen LogP contribution in [-0.2, 0) is 9.59 Å². The molecule has 0 atom stereocenters. The number of carbonyl (C=O) groups excluding carboxylic acids is 2. The predicted octanol–water partition coefficient (Wildman–Crippen LogP) is 2.25. The van der Waals surface area contributed by atoms with Crippen molar-refractivity contribution in [3.63, 3.8) is 0 Å². The first-order valence-electron chi connectivity index (χ1n) is 6.82. The number of nitrogens with one attached hydrogen (secondary N) is 2. The molecule has 0 radical (unpaired) electrons. The van der Waals surface area contributed by atoms with Crippen LogP contribution in [0.5, 0.6) is 5.75 Å². The molecule has 110 valence electrons. The van der Waals surface area contributed by atoms with Crippen molar-refractivity contribution in [1.29, 1.82) is 0 Å². The highest BCUT2D eigenvalue weighted by molar-refractivity contribution is 6.39. The Hall–Kier alpha value is -2.04. The van der Waals surface area contributed by atoms with Gasteiger partial charge in [0.05, 0.1) is 12.8 Å². The molecule has 0 aliphatic rings. The van der Waals surface area contributed by atoms with E-state index in [1.54, 1.807) is 12.1 Å². The third kappa shape index (κ3) is 4.91. The number of unbranched alkanes of at least 4 members (excludes halogenated alkanes) is 2. The number of anilines is 1. The molecule has 0 spiro atoms. The van der Waals surface area contributed by atoms with Crippen molar-refractivity contribution in [3.05, 3.63) is 23.8 Å². The Morgan fingerprint density at radius 1 is 1.20 bits per heavy atom. The van der Waals surface area contributed by atoms with Gasteiger partial charge in [0.2, 0.25) is 0 Å². The van der Waals surface area contributed by atoms with Gasteiger partial charge in [-0.2, -0.15) is 0 Å². The first-order chi connectivity index (χ1) is 9.58. The summed E-state index contributed by atoms with van der Waals surface area (Å²) in [7, 11) is 1.52. The summed E-state index contributed by atoms with van der Waals surface area (Å²) in [6.07, 6.45) is 2.99. The molecule has 0 saturated heterocycles. The summed E-state index contributed by atoms with van der Waals surface area (Å²) in [6, 6.07) is 5.39. The summed E-state index contributed by atoms with van der Waals surface area (Å²) in [5, 5.41) is 5.16. The zero-order valence-corrected chi connectivity index (χ0v) is 12.3. The third-order valence-electron chi connectivity index (χ3n) is 2.88. The van der Waals surface area contributed by atoms with Gasteiger partial charge in [-0.15, -0.1) is 0 Å². The second-order valence-corrected chi connectivity index (χ2v) is 4.62. The van der Waals surface area contributed by atoms with Crippen molar-refractivity contribution in [1.82, 2.24) is 5.32 Å². The summed E-state index contributed by atoms with van der Waals surface area (Å²) in [5.74, 6) is -0.766. The van der Waals surface area contributed by atoms with Crippen LogP contribution in [0.3, 0.4) is 0 Å². The van der Waals surface area contributed by atoms with Gasteiger partial charge < -0.3 is 15.4 Å². The topological polar surface area (TPSA) is 67.4 Å². The number of ether oxygens (including phenoxy) is 1. The molecular weight excluding hydrogens is 256 g/mol. The summed E-state index contributed by atoms with van der Waals surface area (Å²) < 4.78 is 5.15. The molecule has 0 aliphatic heterocycles. The van der Waals surface area contributed by atoms with Gasteiger partial charge >= 0.3 is 11.8 Å². The van der Waals surface area contributed by atoms with Gasteiger partial charge in [0.1, 0.15) is 5.75 Å². The first-order valence-corrected chi connectivity index (χ1v) is 6.82. The quantitative estimate of drug-likeness (QED) is 0.619. The second-order valence-electron chi connectivity index (χ2n) is 4.62. The Labute approximate surface area is 119 Å². The summed E-state index contributed by atoms with van der Waals surface area (Å²) in [5.41, 5.74) is 1.48. The number of benzene rings is 1. The average molecular weight is 278 g/mol. The van der Waals surface area contributed by atoms with Crippen LogP contribution in [0.25, 0.3) is 0 Å². The summed E-state index contributed by atoms with van der Waals surface area (Å²) >= 11 is 0. The van der Waals surface area contributed by atoms with Crippen LogP contribution in [0.4, 0.5) is 5.69 Å². The largest absolute Gasteiger partial charge is 0.495 e. The molecule has 0 saturated carbocycles. The fourth-order valence-electron chi connectivity index (χ4n) is 1.76. The molecule has 1 aromatic rings. The minimum Gasteiger partial charge on any atom is -0.495 e. The molecule has 0 aromatic heterocycles. The molecule has 5 nitrogen and oxygen atoms in total. The van der Waals surface area contributed by atoms with E-state index in [0.717, 1.165) is 24.8 Å². The molecule has 0 fully saturated rings. The molecule has 5 heteroatoms. The molecular formula is C15H22N2O3. The smallest absolute Gasteiger partial charge is 0.313 e. The lowest BCUT2D eigenvalue weighted by molar-refractivity contribution is -0.136. The minimum absolute atomic E-state index is 0.501. The molecule has 0 unspecified atom stereocenters. The van der Waals surface area contributed by atoms with Crippen molar-refractivity contribution in [2.24, 2.45) is 0 Å². The van der Waals surface area contributed by atoms with Crippen LogP contribution >= 0.6 is 0 Å². The van der Waals surface area contributed by atoms with Crippen molar-refractivity contribution in [2.75, 3.05) is 19.0 Å². The fraction of sp³-hybridized carbons (Fsp3) is 0.467. The SMILES string of the molecule is CCCCCNC(=O)C(=O)Nc1cc(C)ccc1OC. The van der Waals surface area contributed by atoms with Gasteiger partial charge in [-0.05, 0) is 31.0 Å². The maximum Gasteiger partial charge on any atom is 0.313 e. The summed E-state index contributed by atoms with van der Waals surface area (Å²) in [6.45, 7) is 4.50. The van der Waals surface area contributed by atoms with Gasteiger partial charge in [0, 0.05) is 6.54 Å². The van der Waals surface area contributed by atoms with E-state index in [-0.39, 0.29) is 0 Å². The number of methoxy groups -OCH3 is 1. The van der Waals surface area contributed by atoms with Crippen LogP contribution in [-0.4, -0.2) is 25.5 Å². The first kappa shape index (κ1) is 16.0. The highest BCUT2D eigenvalue weighted by Crippen LogP contribution is 2.24. The van der Waals surface area contributed by atoms with Crippen molar-refractivity contribution in [2.45, 2.75) is 33.1 Å². The van der Waals surface area contributed by atoms with Crippen LogP contribution in [0.2, 0.25) is 0 Å². The minimum atomic E-state index is -0.676. The van der Waals surface area contributed by atoms with E-state index in [9.17, 15) is 9.59 Å². The van der Waals surface area contributed by atoms with Gasteiger partial charge in [-0.25, -0.2) is 0 Å². The predicted molar refractivity (Wildman–Crippen MR) is 78.9 cm³/mol. The maximum absolute atomic E-state index is 11.8. The highest BCUT2D eigenvalue weighted by atomic mass is 16.5. The van der Waals surface area contributed by atoms with Crippen LogP contribution in [0, 0.1) is 6.92 Å². The second kappa shape index (κ2) is 8.19. The van der Waals surface area contributed by atoms with Gasteiger partial charge in [-0.3, -0.25) is 9.59 Å². The zero-order valence-electron chi connectivity index (χ0n) is 12.3. The molecule has 2 amide bonds. The highest BCUT2D eigenvalue weighted by Gasteiger charge is 2.15. The number of aryl methyl sites for hydroxylation is 1. The lowest BCUT2D eigenvalue weighted by Gasteiger charge is -2.11. The molecule has 0 heterocycles. The lowest BCUT2D eigenvalue weighted by Crippen LogP contribution is -2.36. The number of rotatable bonds is 6. The normalized spacial score (nSPS) is 9.95. The molecule has 0 bridgehead atoms. The average Bonchev–Trinajstić information content (AvgIpc) is 2.43. The van der Waals surface area contributed by atoms with Gasteiger partial charge in [-0.1, -0.05) is 25.8 Å². The van der Waals surface area contributed by atoms with E-state index in [4.69, 9.17) is 4.74 Å². The van der Waals surface area contributed by atoms with Gasteiger partial charge in [0.25, 0.3) is 0 Å². The molecule has 0 aliphatic carbocycles. The summed E-state index contributed by atoms with van der Waals surface area (Å²) in [4.78, 5) is 23.4. The van der Waals surface area contributed by atoms with Crippen LogP contribution in [0.1, 0.15) is 31.7 Å². The van der Waals surface area contributed by atoms with Crippen LogP contribution in [0.15, 0.2) is 18.2 Å². The molecule has 1 aromatic carbocycles. The van der Waals surface area contributed by atoms with Crippen molar-refractivity contribution < 1.29 is 14.3 Å². The van der Waals surface area contributed by atoms with Crippen molar-refractivity contribution in [3.8, 4) is 5.75 Å². The number of hydrogen-bond acceptors (Lipinski definition) is 3. The molecule has 20 heavy (non-hydrogen) atoms. The Kier molecular flexibility index (Phi) is 6.56. The van der Waals surface area contributed by atoms with Crippen LogP contribution < -0.4 is 15.4 Å².